The second-order valence-electron chi connectivity index (χ2n) is 7.21. The summed E-state index contributed by atoms with van der Waals surface area (Å²) in [6.07, 6.45) is 6.74. The highest BCUT2D eigenvalue weighted by Crippen LogP contribution is 2.89. The van der Waals surface area contributed by atoms with Gasteiger partial charge in [0.05, 0.1) is 0 Å². The highest BCUT2D eigenvalue weighted by atomic mass is 14.9. The van der Waals surface area contributed by atoms with Crippen LogP contribution in [0.3, 0.4) is 0 Å². The molecular weight excluding hydrogens is 156 g/mol. The van der Waals surface area contributed by atoms with Crippen molar-refractivity contribution in [3.05, 3.63) is 0 Å². The second-order valence-corrected chi connectivity index (χ2v) is 7.21. The molecule has 7 fully saturated rings. The van der Waals surface area contributed by atoms with Crippen molar-refractivity contribution in [2.24, 2.45) is 52.8 Å². The van der Waals surface area contributed by atoms with Crippen LogP contribution in [0, 0.1) is 52.8 Å². The summed E-state index contributed by atoms with van der Waals surface area (Å²) in [6, 6.07) is 0. The van der Waals surface area contributed by atoms with Gasteiger partial charge in [-0.05, 0) is 78.4 Å². The molecule has 0 nitrogen and oxygen atoms in total. The fourth-order valence-electron chi connectivity index (χ4n) is 7.32. The van der Waals surface area contributed by atoms with Crippen LogP contribution < -0.4 is 0 Å². The maximum absolute atomic E-state index is 1.70. The predicted molar refractivity (Wildman–Crippen MR) is 48.8 cm³/mol. The van der Waals surface area contributed by atoms with Gasteiger partial charge in [-0.15, -0.1) is 0 Å². The summed E-state index contributed by atoms with van der Waals surface area (Å²) in [5.41, 5.74) is 0.987. The van der Waals surface area contributed by atoms with Gasteiger partial charge >= 0.3 is 0 Å². The molecule has 9 unspecified atom stereocenters. The predicted octanol–water partition coefficient (Wildman–Crippen LogP) is 2.54. The third-order valence-electron chi connectivity index (χ3n) is 7.48. The molecule has 7 saturated carbocycles. The lowest BCUT2D eigenvalue weighted by atomic mass is 9.39. The minimum Gasteiger partial charge on any atom is -0.0465 e. The van der Waals surface area contributed by atoms with Gasteiger partial charge in [0.1, 0.15) is 0 Å². The number of fused-ring (bicyclic) bond motifs is 2. The Bertz CT molecular complexity index is 344. The molecule has 7 aliphatic carbocycles. The Morgan fingerprint density at radius 1 is 0.692 bits per heavy atom. The molecule has 7 aliphatic rings. The first-order valence-electron chi connectivity index (χ1n) is 6.39. The first-order valence-corrected chi connectivity index (χ1v) is 6.39. The molecule has 13 heavy (non-hydrogen) atoms. The zero-order chi connectivity index (χ0) is 7.95. The van der Waals surface area contributed by atoms with Crippen LogP contribution >= 0.6 is 0 Å². The molecule has 9 atom stereocenters. The maximum Gasteiger partial charge on any atom is -0.0255 e. The monoisotopic (exact) mass is 172 g/mol. The highest BCUT2D eigenvalue weighted by Gasteiger charge is 2.83. The Morgan fingerprint density at radius 2 is 1.38 bits per heavy atom. The summed E-state index contributed by atoms with van der Waals surface area (Å²) in [5.74, 6) is 10.2. The van der Waals surface area contributed by atoms with Crippen LogP contribution in [0.15, 0.2) is 0 Å². The molecule has 0 radical (unpaired) electrons. The van der Waals surface area contributed by atoms with E-state index in [-0.39, 0.29) is 0 Å². The van der Waals surface area contributed by atoms with Crippen molar-refractivity contribution < 1.29 is 0 Å². The van der Waals surface area contributed by atoms with Crippen LogP contribution in [-0.2, 0) is 0 Å². The molecule has 7 rings (SSSR count). The Morgan fingerprint density at radius 3 is 2.31 bits per heavy atom. The molecule has 0 heterocycles. The molecule has 1 spiro atoms. The minimum absolute atomic E-state index is 0.987. The summed E-state index contributed by atoms with van der Waals surface area (Å²) in [5, 5.41) is 0. The lowest BCUT2D eigenvalue weighted by molar-refractivity contribution is -0.168. The Labute approximate surface area is 79.1 Å². The number of hydrogen-bond donors (Lipinski definition) is 0. The summed E-state index contributed by atoms with van der Waals surface area (Å²) < 4.78 is 0. The molecule has 68 valence electrons. The first-order chi connectivity index (χ1) is 6.39. The molecule has 0 aliphatic heterocycles. The van der Waals surface area contributed by atoms with Crippen LogP contribution in [0.5, 0.6) is 0 Å². The minimum atomic E-state index is 0.987. The third-order valence-corrected chi connectivity index (χ3v) is 7.48. The molecule has 0 aromatic carbocycles. The average Bonchev–Trinajstić information content (AvgIpc) is 2.44. The Balaban J connectivity index is 1.64. The van der Waals surface area contributed by atoms with E-state index in [1.807, 2.05) is 0 Å². The lowest BCUT2D eigenvalue weighted by Crippen LogP contribution is -2.58. The van der Waals surface area contributed by atoms with Gasteiger partial charge in [-0.1, -0.05) is 0 Å². The number of hydrogen-bond acceptors (Lipinski definition) is 0. The summed E-state index contributed by atoms with van der Waals surface area (Å²) >= 11 is 0. The Hall–Kier alpha value is 0. The third kappa shape index (κ3) is 0.345. The van der Waals surface area contributed by atoms with E-state index in [1.54, 1.807) is 25.7 Å². The van der Waals surface area contributed by atoms with Crippen molar-refractivity contribution >= 4 is 0 Å². The van der Waals surface area contributed by atoms with Gasteiger partial charge in [-0.25, -0.2) is 0 Å². The fourth-order valence-corrected chi connectivity index (χ4v) is 7.32. The lowest BCUT2D eigenvalue weighted by Gasteiger charge is -2.65. The van der Waals surface area contributed by atoms with E-state index in [4.69, 9.17) is 0 Å². The molecular formula is C13H16. The van der Waals surface area contributed by atoms with Gasteiger partial charge in [0.25, 0.3) is 0 Å². The van der Waals surface area contributed by atoms with Gasteiger partial charge in [0.2, 0.25) is 0 Å². The van der Waals surface area contributed by atoms with E-state index in [9.17, 15) is 0 Å². The molecule has 0 amide bonds. The van der Waals surface area contributed by atoms with Gasteiger partial charge in [0.15, 0.2) is 0 Å². The van der Waals surface area contributed by atoms with Crippen molar-refractivity contribution in [3.8, 4) is 0 Å². The molecule has 0 aromatic heterocycles. The van der Waals surface area contributed by atoms with Gasteiger partial charge in [0, 0.05) is 0 Å². The van der Waals surface area contributed by atoms with Crippen LogP contribution in [0.2, 0.25) is 0 Å². The maximum atomic E-state index is 1.70. The summed E-state index contributed by atoms with van der Waals surface area (Å²) in [4.78, 5) is 0. The van der Waals surface area contributed by atoms with E-state index in [2.05, 4.69) is 0 Å². The van der Waals surface area contributed by atoms with Crippen LogP contribution in [0.1, 0.15) is 25.7 Å². The summed E-state index contributed by atoms with van der Waals surface area (Å²) in [7, 11) is 0. The van der Waals surface area contributed by atoms with Crippen LogP contribution in [-0.4, -0.2) is 0 Å². The second kappa shape index (κ2) is 1.26. The standard InChI is InChI=1S/C13H16/c1-5-8-3-13-2-7(9(4-13)12(8)13)11-6(1)10(5)11/h5-12H,1-4H2. The zero-order valence-corrected chi connectivity index (χ0v) is 7.95. The van der Waals surface area contributed by atoms with Crippen LogP contribution in [0.25, 0.3) is 0 Å². The van der Waals surface area contributed by atoms with Crippen LogP contribution in [0.4, 0.5) is 0 Å². The molecule has 0 saturated heterocycles. The van der Waals surface area contributed by atoms with Gasteiger partial charge in [-0.3, -0.25) is 0 Å². The van der Waals surface area contributed by atoms with E-state index >= 15 is 0 Å². The van der Waals surface area contributed by atoms with E-state index in [1.165, 1.54) is 47.3 Å². The number of rotatable bonds is 0. The average molecular weight is 172 g/mol. The normalized spacial score (nSPS) is 88.6. The smallest absolute Gasteiger partial charge is 0.0255 e. The van der Waals surface area contributed by atoms with E-state index < -0.39 is 0 Å². The molecule has 0 N–H and O–H groups in total. The van der Waals surface area contributed by atoms with Crippen molar-refractivity contribution in [1.29, 1.82) is 0 Å². The van der Waals surface area contributed by atoms with Crippen molar-refractivity contribution in [2.75, 3.05) is 0 Å². The van der Waals surface area contributed by atoms with Crippen molar-refractivity contribution in [3.63, 3.8) is 0 Å². The SMILES string of the molecule is C1C2C3CC45CC(C(C4)C35)C3C1C23. The van der Waals surface area contributed by atoms with E-state index in [0.29, 0.717) is 0 Å². The van der Waals surface area contributed by atoms with Crippen molar-refractivity contribution in [1.82, 2.24) is 0 Å². The largest absolute Gasteiger partial charge is 0.0465 e. The topological polar surface area (TPSA) is 0 Å². The Kier molecular flexibility index (Phi) is 0.558. The molecule has 0 aromatic rings. The highest BCUT2D eigenvalue weighted by molar-refractivity contribution is 5.31. The van der Waals surface area contributed by atoms with E-state index in [0.717, 1.165) is 5.41 Å². The zero-order valence-electron chi connectivity index (χ0n) is 7.95. The first kappa shape index (κ1) is 5.78. The van der Waals surface area contributed by atoms with Gasteiger partial charge < -0.3 is 0 Å². The molecule has 0 heteroatoms. The molecule has 4 bridgehead atoms. The quantitative estimate of drug-likeness (QED) is 0.527. The fraction of sp³-hybridized carbons (Fsp3) is 1.00. The summed E-state index contributed by atoms with van der Waals surface area (Å²) in [6.45, 7) is 0. The van der Waals surface area contributed by atoms with Crippen molar-refractivity contribution in [2.45, 2.75) is 25.7 Å². The van der Waals surface area contributed by atoms with Gasteiger partial charge in [-0.2, -0.15) is 0 Å².